The first kappa shape index (κ1) is 23.0. The Hall–Kier alpha value is -3.72. The highest BCUT2D eigenvalue weighted by molar-refractivity contribution is 8.02. The van der Waals surface area contributed by atoms with Crippen LogP contribution in [0.1, 0.15) is 16.7 Å². The largest absolute Gasteiger partial charge is 0.350 e. The van der Waals surface area contributed by atoms with Crippen LogP contribution >= 0.6 is 11.8 Å². The van der Waals surface area contributed by atoms with Gasteiger partial charge in [-0.15, -0.1) is 11.8 Å². The fourth-order valence-electron chi connectivity index (χ4n) is 4.44. The Bertz CT molecular complexity index is 1350. The second kappa shape index (κ2) is 8.81. The molecular weight excluding hydrogens is 472 g/mol. The van der Waals surface area contributed by atoms with Gasteiger partial charge in [0.05, 0.1) is 11.4 Å². The minimum absolute atomic E-state index is 0.0213. The molecule has 1 fully saturated rings. The molecule has 0 radical (unpaired) electrons. The third-order valence-electron chi connectivity index (χ3n) is 6.14. The maximum absolute atomic E-state index is 14.1. The third-order valence-corrected chi connectivity index (χ3v) is 7.52. The number of benzene rings is 3. The molecule has 2 aliphatic rings. The van der Waals surface area contributed by atoms with Crippen LogP contribution < -0.4 is 15.1 Å². The van der Waals surface area contributed by atoms with Crippen LogP contribution in [0.25, 0.3) is 0 Å². The summed E-state index contributed by atoms with van der Waals surface area (Å²) in [7, 11) is 0. The molecule has 6 nitrogen and oxygen atoms in total. The molecule has 2 heterocycles. The summed E-state index contributed by atoms with van der Waals surface area (Å²) in [6, 6.07) is 17.8. The van der Waals surface area contributed by atoms with Crippen LogP contribution in [0.5, 0.6) is 0 Å². The van der Waals surface area contributed by atoms with Gasteiger partial charge >= 0.3 is 0 Å². The Balaban J connectivity index is 1.45. The summed E-state index contributed by atoms with van der Waals surface area (Å²) in [5.74, 6) is -3.44. The molecule has 178 valence electrons. The zero-order valence-electron chi connectivity index (χ0n) is 18.8. The standard InChI is InChI=1S/C26H21F2N3O3S/c1-16-6-8-17(9-7-16)13-29-23(32)14-30-22-5-3-2-4-19(22)26(25(30)34)31(24(33)15-35-26)18-10-11-20(27)21(28)12-18/h2-12H,13-15H2,1H3,(H,29,32)/t26-/m1/s1. The number of carbonyl (C=O) groups is 3. The Morgan fingerprint density at radius 2 is 1.77 bits per heavy atom. The lowest BCUT2D eigenvalue weighted by molar-refractivity contribution is -0.125. The SMILES string of the molecule is Cc1ccc(CNC(=O)CN2C(=O)[C@]3(SCC(=O)N3c3ccc(F)c(F)c3)c3ccccc32)cc1. The summed E-state index contributed by atoms with van der Waals surface area (Å²) in [4.78, 5) is 40.7. The van der Waals surface area contributed by atoms with Gasteiger partial charge in [-0.3, -0.25) is 24.2 Å². The first-order valence-corrected chi connectivity index (χ1v) is 12.0. The van der Waals surface area contributed by atoms with Gasteiger partial charge in [0.25, 0.3) is 5.91 Å². The molecule has 35 heavy (non-hydrogen) atoms. The summed E-state index contributed by atoms with van der Waals surface area (Å²) in [5, 5.41) is 2.83. The summed E-state index contributed by atoms with van der Waals surface area (Å²) >= 11 is 1.10. The van der Waals surface area contributed by atoms with Crippen molar-refractivity contribution in [3.63, 3.8) is 0 Å². The fraction of sp³-hybridized carbons (Fsp3) is 0.192. The van der Waals surface area contributed by atoms with Crippen molar-refractivity contribution in [2.24, 2.45) is 0 Å². The van der Waals surface area contributed by atoms with E-state index < -0.39 is 28.3 Å². The average Bonchev–Trinajstić information content (AvgIpc) is 3.31. The number of fused-ring (bicyclic) bond motifs is 2. The molecule has 1 saturated heterocycles. The maximum atomic E-state index is 14.1. The molecule has 0 saturated carbocycles. The van der Waals surface area contributed by atoms with Crippen LogP contribution in [0.4, 0.5) is 20.2 Å². The van der Waals surface area contributed by atoms with E-state index in [9.17, 15) is 23.2 Å². The van der Waals surface area contributed by atoms with Gasteiger partial charge in [0.15, 0.2) is 11.6 Å². The summed E-state index contributed by atoms with van der Waals surface area (Å²) in [5.41, 5.74) is 3.14. The first-order valence-electron chi connectivity index (χ1n) is 11.0. The molecule has 3 aromatic rings. The Kier molecular flexibility index (Phi) is 5.80. The highest BCUT2D eigenvalue weighted by Crippen LogP contribution is 2.55. The molecule has 1 atom stereocenters. The van der Waals surface area contributed by atoms with Crippen molar-refractivity contribution in [3.05, 3.63) is 95.1 Å². The quantitative estimate of drug-likeness (QED) is 0.586. The molecule has 5 rings (SSSR count). The summed E-state index contributed by atoms with van der Waals surface area (Å²) in [6.45, 7) is 2.04. The number of thioether (sulfide) groups is 1. The number of hydrogen-bond donors (Lipinski definition) is 1. The van der Waals surface area contributed by atoms with E-state index in [0.717, 1.165) is 35.0 Å². The molecule has 9 heteroatoms. The molecule has 3 amide bonds. The average molecular weight is 494 g/mol. The summed E-state index contributed by atoms with van der Waals surface area (Å²) in [6.07, 6.45) is 0. The minimum Gasteiger partial charge on any atom is -0.350 e. The lowest BCUT2D eigenvalue weighted by Crippen LogP contribution is -2.51. The fourth-order valence-corrected chi connectivity index (χ4v) is 5.80. The smallest absolute Gasteiger partial charge is 0.269 e. The van der Waals surface area contributed by atoms with Crippen molar-refractivity contribution in [1.29, 1.82) is 0 Å². The molecule has 1 N–H and O–H groups in total. The lowest BCUT2D eigenvalue weighted by atomic mass is 10.0. The highest BCUT2D eigenvalue weighted by Gasteiger charge is 2.61. The number of hydrogen-bond acceptors (Lipinski definition) is 4. The van der Waals surface area contributed by atoms with Crippen molar-refractivity contribution in [1.82, 2.24) is 5.32 Å². The van der Waals surface area contributed by atoms with Gasteiger partial charge in [0.1, 0.15) is 6.54 Å². The maximum Gasteiger partial charge on any atom is 0.269 e. The van der Waals surface area contributed by atoms with Gasteiger partial charge in [-0.05, 0) is 30.7 Å². The van der Waals surface area contributed by atoms with Crippen molar-refractivity contribution in [2.45, 2.75) is 18.3 Å². The molecule has 2 aliphatic heterocycles. The van der Waals surface area contributed by atoms with Gasteiger partial charge in [0, 0.05) is 23.9 Å². The van der Waals surface area contributed by atoms with Crippen molar-refractivity contribution in [2.75, 3.05) is 22.1 Å². The van der Waals surface area contributed by atoms with E-state index in [1.54, 1.807) is 24.3 Å². The zero-order valence-corrected chi connectivity index (χ0v) is 19.6. The van der Waals surface area contributed by atoms with E-state index in [1.165, 1.54) is 15.9 Å². The van der Waals surface area contributed by atoms with Crippen molar-refractivity contribution >= 4 is 40.9 Å². The Morgan fingerprint density at radius 3 is 2.51 bits per heavy atom. The van der Waals surface area contributed by atoms with E-state index in [4.69, 9.17) is 0 Å². The molecule has 1 spiro atoms. The van der Waals surface area contributed by atoms with E-state index in [2.05, 4.69) is 5.32 Å². The van der Waals surface area contributed by atoms with Crippen LogP contribution in [-0.4, -0.2) is 30.0 Å². The lowest BCUT2D eigenvalue weighted by Gasteiger charge is -2.33. The molecule has 3 aromatic carbocycles. The number of para-hydroxylation sites is 1. The van der Waals surface area contributed by atoms with E-state index in [1.807, 2.05) is 31.2 Å². The van der Waals surface area contributed by atoms with Crippen LogP contribution in [-0.2, 0) is 25.8 Å². The number of amides is 3. The molecule has 0 unspecified atom stereocenters. The van der Waals surface area contributed by atoms with Gasteiger partial charge < -0.3 is 5.32 Å². The van der Waals surface area contributed by atoms with Gasteiger partial charge in [0.2, 0.25) is 16.7 Å². The predicted octanol–water partition coefficient (Wildman–Crippen LogP) is 3.87. The second-order valence-electron chi connectivity index (χ2n) is 8.43. The van der Waals surface area contributed by atoms with Crippen molar-refractivity contribution in [3.8, 4) is 0 Å². The number of nitrogens with one attached hydrogen (secondary N) is 1. The van der Waals surface area contributed by atoms with Crippen LogP contribution in [0.15, 0.2) is 66.7 Å². The van der Waals surface area contributed by atoms with E-state index in [-0.39, 0.29) is 23.9 Å². The third kappa shape index (κ3) is 3.85. The van der Waals surface area contributed by atoms with Crippen LogP contribution in [0.2, 0.25) is 0 Å². The van der Waals surface area contributed by atoms with Gasteiger partial charge in [-0.1, -0.05) is 48.0 Å². The number of halogens is 2. The Labute approximate surface area is 204 Å². The molecule has 0 bridgehead atoms. The summed E-state index contributed by atoms with van der Waals surface area (Å²) < 4.78 is 27.6. The predicted molar refractivity (Wildman–Crippen MR) is 130 cm³/mol. The second-order valence-corrected chi connectivity index (χ2v) is 9.60. The first-order chi connectivity index (χ1) is 16.8. The topological polar surface area (TPSA) is 69.7 Å². The molecule has 0 aliphatic carbocycles. The van der Waals surface area contributed by atoms with E-state index in [0.29, 0.717) is 17.8 Å². The van der Waals surface area contributed by atoms with Crippen LogP contribution in [0, 0.1) is 18.6 Å². The van der Waals surface area contributed by atoms with Gasteiger partial charge in [-0.2, -0.15) is 0 Å². The number of rotatable bonds is 5. The van der Waals surface area contributed by atoms with Gasteiger partial charge in [-0.25, -0.2) is 8.78 Å². The zero-order chi connectivity index (χ0) is 24.7. The monoisotopic (exact) mass is 493 g/mol. The van der Waals surface area contributed by atoms with E-state index >= 15 is 0 Å². The number of anilines is 2. The minimum atomic E-state index is -1.50. The van der Waals surface area contributed by atoms with Crippen LogP contribution in [0.3, 0.4) is 0 Å². The van der Waals surface area contributed by atoms with Crippen molar-refractivity contribution < 1.29 is 23.2 Å². The number of aryl methyl sites for hydroxylation is 1. The normalized spacial score (nSPS) is 18.9. The Morgan fingerprint density at radius 1 is 1.03 bits per heavy atom. The number of carbonyl (C=O) groups excluding carboxylic acids is 3. The molecule has 0 aromatic heterocycles. The number of nitrogens with zero attached hydrogens (tertiary/aromatic N) is 2. The highest BCUT2D eigenvalue weighted by atomic mass is 32.2. The molecular formula is C26H21F2N3O3S.